The third-order valence-electron chi connectivity index (χ3n) is 3.76. The molecule has 0 bridgehead atoms. The molecule has 0 saturated carbocycles. The Labute approximate surface area is 153 Å². The number of hydrogen-bond acceptors (Lipinski definition) is 5. The third-order valence-corrected chi connectivity index (χ3v) is 3.76. The van der Waals surface area contributed by atoms with Crippen molar-refractivity contribution < 1.29 is 23.9 Å². The molecule has 0 aliphatic heterocycles. The summed E-state index contributed by atoms with van der Waals surface area (Å²) in [5.74, 6) is -0.835. The zero-order valence-electron chi connectivity index (χ0n) is 15.7. The minimum Gasteiger partial charge on any atom is -0.445 e. The summed E-state index contributed by atoms with van der Waals surface area (Å²) in [6.45, 7) is 4.01. The van der Waals surface area contributed by atoms with Crippen LogP contribution in [0.2, 0.25) is 0 Å². The van der Waals surface area contributed by atoms with Gasteiger partial charge in [0.1, 0.15) is 12.6 Å². The fraction of sp³-hybridized carbons (Fsp3) is 0.500. The van der Waals surface area contributed by atoms with E-state index in [9.17, 15) is 14.4 Å². The summed E-state index contributed by atoms with van der Waals surface area (Å²) in [7, 11) is 3.02. The van der Waals surface area contributed by atoms with Crippen molar-refractivity contribution in [2.24, 2.45) is 11.7 Å². The van der Waals surface area contributed by atoms with Crippen molar-refractivity contribution in [1.82, 2.24) is 4.90 Å². The molecule has 8 nitrogen and oxygen atoms in total. The van der Waals surface area contributed by atoms with Crippen molar-refractivity contribution >= 4 is 23.6 Å². The highest BCUT2D eigenvalue weighted by Crippen LogP contribution is 2.13. The molecule has 1 unspecified atom stereocenters. The van der Waals surface area contributed by atoms with E-state index < -0.39 is 18.0 Å². The van der Waals surface area contributed by atoms with E-state index in [2.05, 4.69) is 5.32 Å². The topological polar surface area (TPSA) is 111 Å². The third kappa shape index (κ3) is 6.72. The van der Waals surface area contributed by atoms with E-state index in [4.69, 9.17) is 15.2 Å². The van der Waals surface area contributed by atoms with Gasteiger partial charge in [0.15, 0.2) is 0 Å². The van der Waals surface area contributed by atoms with Gasteiger partial charge in [0.25, 0.3) is 0 Å². The van der Waals surface area contributed by atoms with Gasteiger partial charge in [-0.25, -0.2) is 4.79 Å². The van der Waals surface area contributed by atoms with Gasteiger partial charge in [-0.15, -0.1) is 0 Å². The number of amides is 3. The van der Waals surface area contributed by atoms with Crippen molar-refractivity contribution in [3.8, 4) is 0 Å². The number of nitrogens with two attached hydrogens (primary N) is 1. The van der Waals surface area contributed by atoms with Crippen molar-refractivity contribution in [3.63, 3.8) is 0 Å². The van der Waals surface area contributed by atoms with Crippen LogP contribution in [-0.2, 0) is 25.7 Å². The average molecular weight is 365 g/mol. The molecule has 3 amide bonds. The first-order valence-electron chi connectivity index (χ1n) is 8.32. The number of rotatable bonds is 9. The molecule has 1 aromatic carbocycles. The van der Waals surface area contributed by atoms with Crippen LogP contribution < -0.4 is 11.1 Å². The lowest BCUT2D eigenvalue weighted by molar-refractivity contribution is -0.123. The Morgan fingerprint density at radius 3 is 2.31 bits per heavy atom. The van der Waals surface area contributed by atoms with E-state index >= 15 is 0 Å². The molecule has 1 aromatic rings. The van der Waals surface area contributed by atoms with Gasteiger partial charge in [-0.1, -0.05) is 26.0 Å². The summed E-state index contributed by atoms with van der Waals surface area (Å²) in [5, 5.41) is 2.74. The zero-order chi connectivity index (χ0) is 19.7. The maximum Gasteiger partial charge on any atom is 0.410 e. The number of nitrogens with one attached hydrogen (secondary N) is 1. The van der Waals surface area contributed by atoms with E-state index in [0.29, 0.717) is 12.3 Å². The van der Waals surface area contributed by atoms with Crippen molar-refractivity contribution in [2.75, 3.05) is 26.1 Å². The van der Waals surface area contributed by atoms with E-state index in [1.165, 1.54) is 19.1 Å². The summed E-state index contributed by atoms with van der Waals surface area (Å²) in [5.41, 5.74) is 6.74. The van der Waals surface area contributed by atoms with E-state index in [-0.39, 0.29) is 24.9 Å². The van der Waals surface area contributed by atoms with E-state index in [1.807, 2.05) is 0 Å². The molecular weight excluding hydrogens is 338 g/mol. The molecule has 0 aliphatic carbocycles. The number of benzene rings is 1. The minimum atomic E-state index is -0.729. The summed E-state index contributed by atoms with van der Waals surface area (Å²) < 4.78 is 10.1. The van der Waals surface area contributed by atoms with Crippen LogP contribution in [0.5, 0.6) is 0 Å². The second kappa shape index (κ2) is 10.4. The standard InChI is InChI=1S/C18H27N3O5/c1-12(2)16(17(19)23)21(3)18(24)26-11-13-5-7-14(8-6-13)20-15(22)9-10-25-4/h5-8,12,16H,9-11H2,1-4H3,(H2,19,23)(H,20,22). The number of primary amides is 1. The Kier molecular flexibility index (Phi) is 8.57. The van der Waals surface area contributed by atoms with Gasteiger partial charge in [-0.3, -0.25) is 14.5 Å². The predicted octanol–water partition coefficient (Wildman–Crippen LogP) is 1.74. The maximum absolute atomic E-state index is 12.1. The SMILES string of the molecule is COCCC(=O)Nc1ccc(COC(=O)N(C)C(C(N)=O)C(C)C)cc1. The lowest BCUT2D eigenvalue weighted by atomic mass is 10.0. The van der Waals surface area contributed by atoms with Crippen LogP contribution in [-0.4, -0.2) is 49.6 Å². The molecule has 0 aliphatic rings. The number of ether oxygens (including phenoxy) is 2. The smallest absolute Gasteiger partial charge is 0.410 e. The van der Waals surface area contributed by atoms with Crippen molar-refractivity contribution in [1.29, 1.82) is 0 Å². The number of carbonyl (C=O) groups is 3. The first-order valence-corrected chi connectivity index (χ1v) is 8.32. The summed E-state index contributed by atoms with van der Waals surface area (Å²) in [4.78, 5) is 36.4. The first kappa shape index (κ1) is 21.4. The largest absolute Gasteiger partial charge is 0.445 e. The lowest BCUT2D eigenvalue weighted by Gasteiger charge is -2.27. The van der Waals surface area contributed by atoms with Crippen LogP contribution in [0.3, 0.4) is 0 Å². The second-order valence-corrected chi connectivity index (χ2v) is 6.24. The maximum atomic E-state index is 12.1. The van der Waals surface area contributed by atoms with E-state index in [1.54, 1.807) is 38.1 Å². The summed E-state index contributed by atoms with van der Waals surface area (Å²) in [6, 6.07) is 6.20. The molecule has 0 fully saturated rings. The molecule has 0 spiro atoms. The van der Waals surface area contributed by atoms with Gasteiger partial charge in [-0.05, 0) is 23.6 Å². The monoisotopic (exact) mass is 365 g/mol. The molecular formula is C18H27N3O5. The number of nitrogens with zero attached hydrogens (tertiary/aromatic N) is 1. The Bertz CT molecular complexity index is 616. The average Bonchev–Trinajstić information content (AvgIpc) is 2.58. The molecule has 1 atom stereocenters. The molecule has 3 N–H and O–H groups in total. The molecule has 0 aromatic heterocycles. The molecule has 0 radical (unpaired) electrons. The Balaban J connectivity index is 2.55. The summed E-state index contributed by atoms with van der Waals surface area (Å²) in [6.07, 6.45) is -0.349. The zero-order valence-corrected chi connectivity index (χ0v) is 15.7. The first-order chi connectivity index (χ1) is 12.3. The molecule has 1 rings (SSSR count). The van der Waals surface area contributed by atoms with Gasteiger partial charge in [0, 0.05) is 19.8 Å². The number of carbonyl (C=O) groups excluding carboxylic acids is 3. The van der Waals surface area contributed by atoms with Crippen LogP contribution in [0, 0.1) is 5.92 Å². The molecule has 8 heteroatoms. The van der Waals surface area contributed by atoms with Gasteiger partial charge in [0.05, 0.1) is 13.0 Å². The Morgan fingerprint density at radius 2 is 1.81 bits per heavy atom. The second-order valence-electron chi connectivity index (χ2n) is 6.24. The van der Waals surface area contributed by atoms with Crippen LogP contribution in [0.25, 0.3) is 0 Å². The van der Waals surface area contributed by atoms with Gasteiger partial charge in [-0.2, -0.15) is 0 Å². The molecule has 0 heterocycles. The lowest BCUT2D eigenvalue weighted by Crippen LogP contribution is -2.48. The van der Waals surface area contributed by atoms with Crippen LogP contribution in [0.1, 0.15) is 25.8 Å². The van der Waals surface area contributed by atoms with Crippen molar-refractivity contribution in [3.05, 3.63) is 29.8 Å². The predicted molar refractivity (Wildman–Crippen MR) is 97.3 cm³/mol. The highest BCUT2D eigenvalue weighted by molar-refractivity contribution is 5.90. The Hall–Kier alpha value is -2.61. The molecule has 0 saturated heterocycles. The highest BCUT2D eigenvalue weighted by atomic mass is 16.6. The molecule has 26 heavy (non-hydrogen) atoms. The van der Waals surface area contributed by atoms with Gasteiger partial charge < -0.3 is 20.5 Å². The quantitative estimate of drug-likeness (QED) is 0.692. The van der Waals surface area contributed by atoms with Crippen LogP contribution >= 0.6 is 0 Å². The fourth-order valence-corrected chi connectivity index (χ4v) is 2.43. The molecule has 144 valence electrons. The van der Waals surface area contributed by atoms with Crippen LogP contribution in [0.4, 0.5) is 10.5 Å². The van der Waals surface area contributed by atoms with Gasteiger partial charge in [0.2, 0.25) is 11.8 Å². The number of hydrogen-bond donors (Lipinski definition) is 2. The normalized spacial score (nSPS) is 11.7. The number of likely N-dealkylation sites (N-methyl/N-ethyl adjacent to an activating group) is 1. The van der Waals surface area contributed by atoms with Crippen molar-refractivity contribution in [2.45, 2.75) is 32.9 Å². The fourth-order valence-electron chi connectivity index (χ4n) is 2.43. The van der Waals surface area contributed by atoms with Gasteiger partial charge >= 0.3 is 6.09 Å². The Morgan fingerprint density at radius 1 is 1.19 bits per heavy atom. The van der Waals surface area contributed by atoms with Crippen LogP contribution in [0.15, 0.2) is 24.3 Å². The van der Waals surface area contributed by atoms with E-state index in [0.717, 1.165) is 5.56 Å². The highest BCUT2D eigenvalue weighted by Gasteiger charge is 2.28. The number of anilines is 1. The summed E-state index contributed by atoms with van der Waals surface area (Å²) >= 11 is 0. The minimum absolute atomic E-state index is 0.0463. The number of methoxy groups -OCH3 is 1.